The number of carbonyl (C=O) groups excluding carboxylic acids is 2. The monoisotopic (exact) mass is 306 g/mol. The normalized spacial score (nSPS) is 12.4. The van der Waals surface area contributed by atoms with E-state index >= 15 is 0 Å². The van der Waals surface area contributed by atoms with Crippen LogP contribution in [-0.4, -0.2) is 62.0 Å². The van der Waals surface area contributed by atoms with Crippen molar-refractivity contribution in [2.75, 3.05) is 0 Å². The minimum atomic E-state index is -1.77. The number of hydrogen-bond donors (Lipinski definition) is 0. The van der Waals surface area contributed by atoms with E-state index < -0.39 is 24.3 Å². The molecule has 0 aromatic carbocycles. The van der Waals surface area contributed by atoms with Crippen LogP contribution in [-0.2, 0) is 9.59 Å². The van der Waals surface area contributed by atoms with Crippen molar-refractivity contribution < 1.29 is 28.6 Å². The van der Waals surface area contributed by atoms with Crippen LogP contribution in [0.2, 0.25) is 0 Å². The van der Waals surface area contributed by atoms with Gasteiger partial charge in [0, 0.05) is 0 Å². The predicted molar refractivity (Wildman–Crippen MR) is 64.6 cm³/mol. The fraction of sp³-hybridized carbons (Fsp3) is 0.833. The molecule has 0 N–H and O–H groups in total. The Labute approximate surface area is 142 Å². The molecule has 0 aromatic heterocycles. The average Bonchev–Trinajstić information content (AvgIpc) is 2.33. The molecule has 0 rings (SSSR count). The Bertz CT molecular complexity index is 216. The largest absolute Gasteiger partial charge is 2.00 e. The number of carboxylic acid groups (broad SMARTS) is 2. The Morgan fingerprint density at radius 2 is 1.16 bits per heavy atom. The van der Waals surface area contributed by atoms with Gasteiger partial charge in [-0.3, -0.25) is 0 Å². The smallest absolute Gasteiger partial charge is 0.547 e. The van der Waals surface area contributed by atoms with Gasteiger partial charge < -0.3 is 19.8 Å². The number of rotatable bonds is 8. The van der Waals surface area contributed by atoms with Crippen LogP contribution >= 0.6 is 0 Å². The van der Waals surface area contributed by atoms with Crippen LogP contribution in [0.15, 0.2) is 0 Å². The summed E-state index contributed by atoms with van der Waals surface area (Å²) in [6, 6.07) is 0. The fourth-order valence-electron chi connectivity index (χ4n) is 1.00. The first-order valence-electron chi connectivity index (χ1n) is 6.06. The quantitative estimate of drug-likeness (QED) is 0.598. The summed E-state index contributed by atoms with van der Waals surface area (Å²) in [5.74, 6) is -3.19. The zero-order valence-electron chi connectivity index (χ0n) is 11.5. The Kier molecular flexibility index (Phi) is 20.4. The van der Waals surface area contributed by atoms with Gasteiger partial charge in [-0.05, 0) is 12.8 Å². The molecular weight excluding hydrogens is 286 g/mol. The van der Waals surface area contributed by atoms with Crippen molar-refractivity contribution in [2.24, 2.45) is 0 Å². The maximum Gasteiger partial charge on any atom is 2.00 e. The number of carbonyl (C=O) groups is 2. The molecule has 0 aliphatic carbocycles. The summed E-state index contributed by atoms with van der Waals surface area (Å²) < 4.78 is 24.1. The summed E-state index contributed by atoms with van der Waals surface area (Å²) in [6.07, 6.45) is -0.543. The van der Waals surface area contributed by atoms with Crippen LogP contribution in [0.4, 0.5) is 8.78 Å². The van der Waals surface area contributed by atoms with Crippen molar-refractivity contribution in [1.82, 2.24) is 0 Å². The first-order valence-corrected chi connectivity index (χ1v) is 6.06. The molecular formula is C12H20CaF2O4. The number of aliphatic carboxylic acids is 2. The zero-order chi connectivity index (χ0) is 14.6. The van der Waals surface area contributed by atoms with Crippen molar-refractivity contribution >= 4 is 49.7 Å². The first kappa shape index (κ1) is 24.1. The third-order valence-corrected chi connectivity index (χ3v) is 2.13. The van der Waals surface area contributed by atoms with E-state index in [1.807, 2.05) is 13.8 Å². The van der Waals surface area contributed by atoms with Crippen molar-refractivity contribution in [1.29, 1.82) is 0 Å². The SMILES string of the molecule is CCCCC(F)C(=O)[O-].CCCCC(F)C(=O)[O-].[Ca+2]. The molecule has 4 nitrogen and oxygen atoms in total. The second-order valence-electron chi connectivity index (χ2n) is 3.86. The standard InChI is InChI=1S/2C6H11FO2.Ca/c2*1-2-3-4-5(7)6(8)9;/h2*5H,2-4H2,1H3,(H,8,9);/q;;+2/p-2. The van der Waals surface area contributed by atoms with E-state index in [0.29, 0.717) is 12.8 Å². The molecule has 0 spiro atoms. The summed E-state index contributed by atoms with van der Waals surface area (Å²) in [5.41, 5.74) is 0. The Balaban J connectivity index is -0.000000256. The van der Waals surface area contributed by atoms with Crippen LogP contribution in [0.5, 0.6) is 0 Å². The number of halogens is 2. The van der Waals surface area contributed by atoms with E-state index in [4.69, 9.17) is 0 Å². The molecule has 0 bridgehead atoms. The topological polar surface area (TPSA) is 80.3 Å². The molecule has 0 aliphatic heterocycles. The van der Waals surface area contributed by atoms with E-state index in [1.165, 1.54) is 0 Å². The third kappa shape index (κ3) is 18.1. The average molecular weight is 306 g/mol. The van der Waals surface area contributed by atoms with Crippen molar-refractivity contribution in [3.05, 3.63) is 0 Å². The van der Waals surface area contributed by atoms with Gasteiger partial charge >= 0.3 is 37.7 Å². The van der Waals surface area contributed by atoms with Gasteiger partial charge in [-0.15, -0.1) is 0 Å². The first-order chi connectivity index (χ1) is 8.36. The summed E-state index contributed by atoms with van der Waals surface area (Å²) in [4.78, 5) is 19.4. The Morgan fingerprint density at radius 1 is 0.895 bits per heavy atom. The summed E-state index contributed by atoms with van der Waals surface area (Å²) in [5, 5.41) is 19.4. The van der Waals surface area contributed by atoms with Gasteiger partial charge in [-0.2, -0.15) is 0 Å². The summed E-state index contributed by atoms with van der Waals surface area (Å²) >= 11 is 0. The van der Waals surface area contributed by atoms with E-state index in [1.54, 1.807) is 0 Å². The third-order valence-electron chi connectivity index (χ3n) is 2.13. The maximum atomic E-state index is 12.1. The molecule has 0 amide bonds. The molecule has 108 valence electrons. The molecule has 2 atom stereocenters. The van der Waals surface area contributed by atoms with Crippen molar-refractivity contribution in [2.45, 2.75) is 64.7 Å². The van der Waals surface area contributed by atoms with Crippen molar-refractivity contribution in [3.63, 3.8) is 0 Å². The van der Waals surface area contributed by atoms with Crippen LogP contribution < -0.4 is 10.2 Å². The summed E-state index contributed by atoms with van der Waals surface area (Å²) in [7, 11) is 0. The van der Waals surface area contributed by atoms with Gasteiger partial charge in [0.15, 0.2) is 0 Å². The molecule has 0 saturated carbocycles. The summed E-state index contributed by atoms with van der Waals surface area (Å²) in [6.45, 7) is 3.75. The maximum absolute atomic E-state index is 12.1. The van der Waals surface area contributed by atoms with Crippen LogP contribution in [0.3, 0.4) is 0 Å². The number of hydrogen-bond acceptors (Lipinski definition) is 4. The van der Waals surface area contributed by atoms with Gasteiger partial charge in [0.2, 0.25) is 0 Å². The van der Waals surface area contributed by atoms with E-state index in [0.717, 1.165) is 12.8 Å². The zero-order valence-corrected chi connectivity index (χ0v) is 13.7. The Hall–Kier alpha value is 0.0597. The van der Waals surface area contributed by atoms with Gasteiger partial charge in [0.05, 0.1) is 11.9 Å². The molecule has 2 unspecified atom stereocenters. The number of alkyl halides is 2. The van der Waals surface area contributed by atoms with E-state index in [2.05, 4.69) is 0 Å². The molecule has 0 fully saturated rings. The van der Waals surface area contributed by atoms with Crippen LogP contribution in [0, 0.1) is 0 Å². The van der Waals surface area contributed by atoms with Gasteiger partial charge in [-0.1, -0.05) is 39.5 Å². The second-order valence-corrected chi connectivity index (χ2v) is 3.86. The molecule has 0 aromatic rings. The predicted octanol–water partition coefficient (Wildman–Crippen LogP) is 0.148. The molecule has 0 heterocycles. The molecule has 7 heteroatoms. The number of carboxylic acids is 2. The van der Waals surface area contributed by atoms with Gasteiger partial charge in [0.25, 0.3) is 0 Å². The molecule has 0 aliphatic rings. The second kappa shape index (κ2) is 16.1. The molecule has 19 heavy (non-hydrogen) atoms. The molecule has 0 saturated heterocycles. The fourth-order valence-corrected chi connectivity index (χ4v) is 1.00. The number of unbranched alkanes of at least 4 members (excludes halogenated alkanes) is 2. The van der Waals surface area contributed by atoms with Gasteiger partial charge in [-0.25, -0.2) is 8.78 Å². The van der Waals surface area contributed by atoms with Crippen LogP contribution in [0.1, 0.15) is 52.4 Å². The minimum absolute atomic E-state index is 0. The minimum Gasteiger partial charge on any atom is -0.547 e. The van der Waals surface area contributed by atoms with E-state index in [9.17, 15) is 28.6 Å². The van der Waals surface area contributed by atoms with Crippen LogP contribution in [0.25, 0.3) is 0 Å². The van der Waals surface area contributed by atoms with E-state index in [-0.39, 0.29) is 50.6 Å². The molecule has 0 radical (unpaired) electrons. The Morgan fingerprint density at radius 3 is 1.32 bits per heavy atom. The van der Waals surface area contributed by atoms with Gasteiger partial charge in [0.1, 0.15) is 12.3 Å². The van der Waals surface area contributed by atoms with Crippen molar-refractivity contribution in [3.8, 4) is 0 Å².